The molecule has 0 aliphatic rings. The van der Waals surface area contributed by atoms with Gasteiger partial charge in [-0.15, -0.1) is 0 Å². The van der Waals surface area contributed by atoms with Gasteiger partial charge in [0.15, 0.2) is 0 Å². The smallest absolute Gasteiger partial charge is 0.142 e. The van der Waals surface area contributed by atoms with Gasteiger partial charge in [0.25, 0.3) is 0 Å². The highest BCUT2D eigenvalue weighted by Gasteiger charge is 2.30. The third kappa shape index (κ3) is 5.02. The van der Waals surface area contributed by atoms with Crippen LogP contribution in [0.2, 0.25) is 0 Å². The fraction of sp³-hybridized carbons (Fsp3) is 0.0400. The number of benzene rings is 4. The van der Waals surface area contributed by atoms with Crippen molar-refractivity contribution in [1.29, 1.82) is 0 Å². The van der Waals surface area contributed by atoms with E-state index in [4.69, 9.17) is 0 Å². The van der Waals surface area contributed by atoms with Gasteiger partial charge in [-0.3, -0.25) is 0 Å². The summed E-state index contributed by atoms with van der Waals surface area (Å²) in [7, 11) is -2.02. The normalized spacial score (nSPS) is 11.3. The van der Waals surface area contributed by atoms with Gasteiger partial charge >= 0.3 is 0 Å². The Morgan fingerprint density at radius 2 is 0.800 bits per heavy atom. The minimum Gasteiger partial charge on any atom is -0.744 e. The number of rotatable bonds is 4. The third-order valence-corrected chi connectivity index (χ3v) is 5.70. The summed E-state index contributed by atoms with van der Waals surface area (Å²) in [5, 5.41) is 0. The fourth-order valence-corrected chi connectivity index (χ4v) is 3.70. The Morgan fingerprint density at radius 3 is 1.03 bits per heavy atom. The van der Waals surface area contributed by atoms with Crippen LogP contribution in [0, 0.1) is 0 Å². The Balaban J connectivity index is 0.000000216. The molecule has 4 aromatic carbocycles. The van der Waals surface area contributed by atoms with Gasteiger partial charge < -0.3 is 4.55 Å². The van der Waals surface area contributed by atoms with Crippen LogP contribution in [0.3, 0.4) is 0 Å². The molecule has 0 amide bonds. The molecule has 0 saturated heterocycles. The molecule has 0 atom stereocenters. The van der Waals surface area contributed by atoms with Crippen molar-refractivity contribution in [3.8, 4) is 0 Å². The van der Waals surface area contributed by atoms with Crippen molar-refractivity contribution < 1.29 is 13.0 Å². The second kappa shape index (κ2) is 9.50. The van der Waals surface area contributed by atoms with E-state index in [-0.39, 0.29) is 4.90 Å². The lowest BCUT2D eigenvalue weighted by Gasteiger charge is -2.33. The fourth-order valence-electron chi connectivity index (χ4n) is 3.21. The molecule has 4 aromatic rings. The van der Waals surface area contributed by atoms with Crippen LogP contribution in [-0.4, -0.2) is 20.0 Å². The molecule has 0 aliphatic heterocycles. The molecule has 0 radical (unpaired) electrons. The van der Waals surface area contributed by atoms with Crippen molar-refractivity contribution in [3.05, 3.63) is 121 Å². The summed E-state index contributed by atoms with van der Waals surface area (Å²) in [4.78, 5) is -0.185. The van der Waals surface area contributed by atoms with Crippen LogP contribution < -0.4 is 4.48 Å². The summed E-state index contributed by atoms with van der Waals surface area (Å²) >= 11 is 0. The van der Waals surface area contributed by atoms with E-state index >= 15 is 0 Å². The summed E-state index contributed by atoms with van der Waals surface area (Å²) in [5.74, 6) is 0. The molecule has 0 spiro atoms. The molecular formula is C25H23NO3S. The van der Waals surface area contributed by atoms with Crippen molar-refractivity contribution in [2.45, 2.75) is 4.90 Å². The van der Waals surface area contributed by atoms with Crippen LogP contribution in [0.4, 0.5) is 17.1 Å². The Hall–Kier alpha value is -3.25. The lowest BCUT2D eigenvalue weighted by Crippen LogP contribution is -2.33. The quantitative estimate of drug-likeness (QED) is 0.308. The maximum atomic E-state index is 10.3. The number of para-hydroxylation sites is 3. The topological polar surface area (TPSA) is 57.2 Å². The van der Waals surface area contributed by atoms with E-state index in [1.165, 1.54) is 41.3 Å². The Labute approximate surface area is 178 Å². The van der Waals surface area contributed by atoms with E-state index in [2.05, 4.69) is 98.0 Å². The van der Waals surface area contributed by atoms with Crippen molar-refractivity contribution in [1.82, 2.24) is 4.48 Å². The van der Waals surface area contributed by atoms with E-state index in [0.29, 0.717) is 4.48 Å². The van der Waals surface area contributed by atoms with Crippen LogP contribution in [-0.2, 0) is 10.1 Å². The molecular weight excluding hydrogens is 394 g/mol. The Kier molecular flexibility index (Phi) is 6.79. The molecule has 0 N–H and O–H groups in total. The van der Waals surface area contributed by atoms with E-state index in [0.717, 1.165) is 0 Å². The maximum Gasteiger partial charge on any atom is 0.142 e. The first kappa shape index (κ1) is 21.5. The summed E-state index contributed by atoms with van der Waals surface area (Å²) in [5.41, 5.74) is 3.76. The second-order valence-corrected chi connectivity index (χ2v) is 8.16. The molecule has 0 unspecified atom stereocenters. The molecule has 0 aromatic heterocycles. The monoisotopic (exact) mass is 417 g/mol. The molecule has 0 saturated carbocycles. The van der Waals surface area contributed by atoms with Crippen LogP contribution in [0.1, 0.15) is 0 Å². The molecule has 0 fully saturated rings. The third-order valence-electron chi connectivity index (χ3n) is 4.85. The van der Waals surface area contributed by atoms with Gasteiger partial charge in [0.2, 0.25) is 0 Å². The second-order valence-electron chi connectivity index (χ2n) is 6.78. The van der Waals surface area contributed by atoms with Crippen LogP contribution in [0.15, 0.2) is 126 Å². The lowest BCUT2D eigenvalue weighted by atomic mass is 10.1. The zero-order chi connectivity index (χ0) is 21.5. The summed E-state index contributed by atoms with van der Waals surface area (Å²) in [6, 6.07) is 39.0. The zero-order valence-corrected chi connectivity index (χ0v) is 17.4. The molecule has 5 heteroatoms. The molecule has 0 bridgehead atoms. The van der Waals surface area contributed by atoms with E-state index < -0.39 is 10.1 Å². The summed E-state index contributed by atoms with van der Waals surface area (Å²) in [6.07, 6.45) is 0. The standard InChI is InChI=1S/C19H18N.C6H6O3S/c1-20(17-11-5-2-6-12-17,18-13-7-3-8-14-18)19-15-9-4-10-16-19;7-10(8,9)6-4-2-1-3-5-6/h2-16H,1H3;1-5H,(H,7,8,9)/q+1;/p-1. The highest BCUT2D eigenvalue weighted by Crippen LogP contribution is 2.41. The van der Waals surface area contributed by atoms with E-state index in [1.54, 1.807) is 6.07 Å². The van der Waals surface area contributed by atoms with Gasteiger partial charge in [-0.2, -0.15) is 0 Å². The molecule has 152 valence electrons. The van der Waals surface area contributed by atoms with Crippen molar-refractivity contribution in [3.63, 3.8) is 0 Å². The van der Waals surface area contributed by atoms with Gasteiger partial charge in [-0.1, -0.05) is 72.8 Å². The van der Waals surface area contributed by atoms with Gasteiger partial charge in [0.05, 0.1) is 11.9 Å². The Bertz CT molecular complexity index is 1050. The summed E-state index contributed by atoms with van der Waals surface area (Å²) in [6.45, 7) is 0. The molecule has 4 nitrogen and oxygen atoms in total. The van der Waals surface area contributed by atoms with Gasteiger partial charge in [0.1, 0.15) is 27.2 Å². The lowest BCUT2D eigenvalue weighted by molar-refractivity contribution is 0.463. The van der Waals surface area contributed by atoms with Gasteiger partial charge in [-0.05, 0) is 48.5 Å². The highest BCUT2D eigenvalue weighted by molar-refractivity contribution is 7.85. The highest BCUT2D eigenvalue weighted by atomic mass is 32.2. The zero-order valence-electron chi connectivity index (χ0n) is 16.6. The Morgan fingerprint density at radius 1 is 0.533 bits per heavy atom. The largest absolute Gasteiger partial charge is 0.744 e. The maximum absolute atomic E-state index is 10.3. The number of quaternary nitrogens is 1. The predicted molar refractivity (Wildman–Crippen MR) is 121 cm³/mol. The molecule has 0 aliphatic carbocycles. The number of nitrogens with zero attached hydrogens (tertiary/aromatic N) is 1. The first-order valence-electron chi connectivity index (χ1n) is 9.46. The number of hydrogen-bond acceptors (Lipinski definition) is 3. The molecule has 4 rings (SSSR count). The van der Waals surface area contributed by atoms with Crippen molar-refractivity contribution >= 4 is 27.2 Å². The minimum atomic E-state index is -4.25. The van der Waals surface area contributed by atoms with Gasteiger partial charge in [0, 0.05) is 0 Å². The summed E-state index contributed by atoms with van der Waals surface area (Å²) < 4.78 is 31.5. The molecule has 0 heterocycles. The number of hydrogen-bond donors (Lipinski definition) is 0. The van der Waals surface area contributed by atoms with Crippen molar-refractivity contribution in [2.75, 3.05) is 7.05 Å². The van der Waals surface area contributed by atoms with Crippen molar-refractivity contribution in [2.24, 2.45) is 0 Å². The first-order valence-corrected chi connectivity index (χ1v) is 10.9. The van der Waals surface area contributed by atoms with E-state index in [9.17, 15) is 13.0 Å². The minimum absolute atomic E-state index is 0.185. The van der Waals surface area contributed by atoms with E-state index in [1.807, 2.05) is 0 Å². The van der Waals surface area contributed by atoms with Crippen LogP contribution >= 0.6 is 0 Å². The van der Waals surface area contributed by atoms with Gasteiger partial charge in [-0.25, -0.2) is 12.9 Å². The van der Waals surface area contributed by atoms with Crippen LogP contribution in [0.5, 0.6) is 0 Å². The SMILES string of the molecule is C[N+](c1ccccc1)(c1ccccc1)c1ccccc1.O=S(=O)([O-])c1ccccc1. The van der Waals surface area contributed by atoms with Crippen LogP contribution in [0.25, 0.3) is 0 Å². The average molecular weight is 418 g/mol. The predicted octanol–water partition coefficient (Wildman–Crippen LogP) is 5.88. The molecule has 30 heavy (non-hydrogen) atoms. The average Bonchev–Trinajstić information content (AvgIpc) is 2.81. The first-order chi connectivity index (χ1) is 14.4.